The molecule has 0 saturated heterocycles. The molecule has 0 fully saturated rings. The van der Waals surface area contributed by atoms with Gasteiger partial charge >= 0.3 is 0 Å². The zero-order chi connectivity index (χ0) is 15.4. The minimum atomic E-state index is -0.376. The summed E-state index contributed by atoms with van der Waals surface area (Å²) in [6, 6.07) is 11.4. The molecule has 0 aliphatic rings. The lowest BCUT2D eigenvalue weighted by Gasteiger charge is -2.21. The highest BCUT2D eigenvalue weighted by molar-refractivity contribution is 14.1. The van der Waals surface area contributed by atoms with Crippen molar-refractivity contribution in [2.75, 3.05) is 6.54 Å². The molecule has 0 saturated carbocycles. The Morgan fingerprint density at radius 3 is 2.76 bits per heavy atom. The zero-order valence-electron chi connectivity index (χ0n) is 11.5. The molecule has 0 amide bonds. The molecular weight excluding hydrogens is 467 g/mol. The molecule has 112 valence electrons. The van der Waals surface area contributed by atoms with Crippen LogP contribution in [0.2, 0.25) is 5.02 Å². The molecule has 1 N–H and O–H groups in total. The van der Waals surface area contributed by atoms with Gasteiger partial charge in [-0.1, -0.05) is 36.7 Å². The summed E-state index contributed by atoms with van der Waals surface area (Å²) >= 11 is 11.5. The second-order valence-electron chi connectivity index (χ2n) is 4.71. The molecule has 0 aliphatic carbocycles. The summed E-state index contributed by atoms with van der Waals surface area (Å²) in [5.41, 5.74) is 1.60. The van der Waals surface area contributed by atoms with E-state index in [-0.39, 0.29) is 16.9 Å². The minimum absolute atomic E-state index is 0.126. The van der Waals surface area contributed by atoms with E-state index in [1.54, 1.807) is 12.1 Å². The van der Waals surface area contributed by atoms with Gasteiger partial charge in [-0.2, -0.15) is 0 Å². The van der Waals surface area contributed by atoms with E-state index in [1.807, 2.05) is 18.2 Å². The van der Waals surface area contributed by atoms with Crippen LogP contribution in [0.15, 0.2) is 40.9 Å². The second kappa shape index (κ2) is 7.90. The number of hydrogen-bond acceptors (Lipinski definition) is 1. The van der Waals surface area contributed by atoms with Gasteiger partial charge < -0.3 is 5.32 Å². The minimum Gasteiger partial charge on any atom is -0.306 e. The molecule has 2 rings (SSSR count). The zero-order valence-corrected chi connectivity index (χ0v) is 16.0. The lowest BCUT2D eigenvalue weighted by atomic mass is 9.98. The standard InChI is InChI=1S/C16H15BrClFIN/c1-2-8-21-16(10-4-3-5-11(20)9-10)12-6-7-13(17)14(18)15(12)19/h3-7,9,16,21H,2,8H2,1H3. The van der Waals surface area contributed by atoms with Crippen LogP contribution in [-0.2, 0) is 0 Å². The molecule has 0 radical (unpaired) electrons. The lowest BCUT2D eigenvalue weighted by Crippen LogP contribution is -2.24. The Balaban J connectivity index is 2.48. The fourth-order valence-corrected chi connectivity index (χ4v) is 3.19. The van der Waals surface area contributed by atoms with Gasteiger partial charge in [0.15, 0.2) is 0 Å². The Kier molecular flexibility index (Phi) is 6.47. The molecule has 5 heteroatoms. The highest BCUT2D eigenvalue weighted by atomic mass is 127. The maximum Gasteiger partial charge on any atom is 0.148 e. The molecule has 0 bridgehead atoms. The van der Waals surface area contributed by atoms with E-state index in [0.29, 0.717) is 10.0 Å². The molecule has 0 aromatic heterocycles. The summed E-state index contributed by atoms with van der Waals surface area (Å²) in [6.45, 7) is 2.90. The lowest BCUT2D eigenvalue weighted by molar-refractivity contribution is 0.546. The summed E-state index contributed by atoms with van der Waals surface area (Å²) < 4.78 is 16.2. The van der Waals surface area contributed by atoms with Gasteiger partial charge in [0, 0.05) is 13.6 Å². The van der Waals surface area contributed by atoms with Crippen LogP contribution in [0.3, 0.4) is 0 Å². The van der Waals surface area contributed by atoms with Crippen LogP contribution in [0, 0.1) is 9.39 Å². The molecule has 1 nitrogen and oxygen atoms in total. The monoisotopic (exact) mass is 481 g/mol. The van der Waals surface area contributed by atoms with Gasteiger partial charge in [-0.15, -0.1) is 0 Å². The third-order valence-electron chi connectivity index (χ3n) is 3.16. The van der Waals surface area contributed by atoms with Crippen molar-refractivity contribution in [1.29, 1.82) is 0 Å². The topological polar surface area (TPSA) is 12.0 Å². The van der Waals surface area contributed by atoms with Crippen molar-refractivity contribution >= 4 is 50.1 Å². The largest absolute Gasteiger partial charge is 0.306 e. The predicted octanol–water partition coefficient (Wildman–Crippen LogP) is 5.94. The van der Waals surface area contributed by atoms with Crippen molar-refractivity contribution in [3.05, 3.63) is 66.4 Å². The van der Waals surface area contributed by atoms with E-state index >= 15 is 0 Å². The van der Waals surface area contributed by atoms with Gasteiger partial charge in [0.05, 0.1) is 11.1 Å². The molecule has 0 heterocycles. The highest BCUT2D eigenvalue weighted by Crippen LogP contribution is 2.33. The van der Waals surface area contributed by atoms with Gasteiger partial charge in [0.25, 0.3) is 0 Å². The van der Waals surface area contributed by atoms with Gasteiger partial charge in [0.2, 0.25) is 0 Å². The van der Waals surface area contributed by atoms with E-state index < -0.39 is 0 Å². The van der Waals surface area contributed by atoms with Gasteiger partial charge in [-0.05, 0) is 75.2 Å². The molecule has 0 aliphatic heterocycles. The molecule has 1 unspecified atom stereocenters. The van der Waals surface area contributed by atoms with Crippen LogP contribution in [0.5, 0.6) is 0 Å². The Morgan fingerprint density at radius 2 is 2.10 bits per heavy atom. The molecule has 1 atom stereocenters. The van der Waals surface area contributed by atoms with Gasteiger partial charge in [-0.25, -0.2) is 4.39 Å². The van der Waals surface area contributed by atoms with Crippen molar-refractivity contribution in [1.82, 2.24) is 5.32 Å². The van der Waals surface area contributed by atoms with Crippen molar-refractivity contribution in [2.24, 2.45) is 0 Å². The smallest absolute Gasteiger partial charge is 0.148 e. The summed E-state index contributed by atoms with van der Waals surface area (Å²) in [4.78, 5) is 0. The first-order chi connectivity index (χ1) is 10.0. The van der Waals surface area contributed by atoms with Gasteiger partial charge in [-0.3, -0.25) is 0 Å². The molecule has 21 heavy (non-hydrogen) atoms. The normalized spacial score (nSPS) is 12.4. The van der Waals surface area contributed by atoms with E-state index in [9.17, 15) is 4.39 Å². The van der Waals surface area contributed by atoms with Crippen LogP contribution in [0.1, 0.15) is 30.5 Å². The van der Waals surface area contributed by atoms with E-state index in [4.69, 9.17) is 11.6 Å². The second-order valence-corrected chi connectivity index (χ2v) is 7.18. The Labute approximate surface area is 151 Å². The van der Waals surface area contributed by atoms with Crippen molar-refractivity contribution in [3.8, 4) is 0 Å². The van der Waals surface area contributed by atoms with Crippen molar-refractivity contribution < 1.29 is 4.39 Å². The third kappa shape index (κ3) is 4.18. The SMILES string of the molecule is CCCNC(c1cccc(I)c1)c1ccc(Br)c(Cl)c1F. The van der Waals surface area contributed by atoms with E-state index in [1.165, 1.54) is 0 Å². The molecule has 0 spiro atoms. The number of nitrogens with one attached hydrogen (secondary N) is 1. The van der Waals surface area contributed by atoms with Crippen LogP contribution >= 0.6 is 50.1 Å². The first-order valence-electron chi connectivity index (χ1n) is 6.66. The van der Waals surface area contributed by atoms with Crippen LogP contribution in [0.4, 0.5) is 4.39 Å². The first kappa shape index (κ1) is 17.2. The summed E-state index contributed by atoms with van der Waals surface area (Å²) in [7, 11) is 0. The summed E-state index contributed by atoms with van der Waals surface area (Å²) in [5.74, 6) is -0.376. The number of hydrogen-bond donors (Lipinski definition) is 1. The van der Waals surface area contributed by atoms with E-state index in [2.05, 4.69) is 56.8 Å². The quantitative estimate of drug-likeness (QED) is 0.411. The highest BCUT2D eigenvalue weighted by Gasteiger charge is 2.20. The maximum atomic E-state index is 14.5. The average molecular weight is 483 g/mol. The fraction of sp³-hybridized carbons (Fsp3) is 0.250. The van der Waals surface area contributed by atoms with E-state index in [0.717, 1.165) is 22.1 Å². The average Bonchev–Trinajstić information content (AvgIpc) is 2.47. The summed E-state index contributed by atoms with van der Waals surface area (Å²) in [6.07, 6.45) is 0.978. The number of benzene rings is 2. The van der Waals surface area contributed by atoms with Crippen molar-refractivity contribution in [3.63, 3.8) is 0 Å². The van der Waals surface area contributed by atoms with Crippen LogP contribution < -0.4 is 5.32 Å². The third-order valence-corrected chi connectivity index (χ3v) is 5.09. The molecule has 2 aromatic carbocycles. The van der Waals surface area contributed by atoms with Crippen LogP contribution in [-0.4, -0.2) is 6.54 Å². The number of halogens is 4. The Bertz CT molecular complexity index is 636. The maximum absolute atomic E-state index is 14.5. The predicted molar refractivity (Wildman–Crippen MR) is 98.4 cm³/mol. The van der Waals surface area contributed by atoms with Gasteiger partial charge in [0.1, 0.15) is 5.82 Å². The van der Waals surface area contributed by atoms with Crippen LogP contribution in [0.25, 0.3) is 0 Å². The number of rotatable bonds is 5. The summed E-state index contributed by atoms with van der Waals surface area (Å²) in [5, 5.41) is 3.53. The first-order valence-corrected chi connectivity index (χ1v) is 8.91. The van der Waals surface area contributed by atoms with Crippen molar-refractivity contribution in [2.45, 2.75) is 19.4 Å². The Hall–Kier alpha value is -0.170. The molecular formula is C16H15BrClFIN. The fourth-order valence-electron chi connectivity index (χ4n) is 2.15. The Morgan fingerprint density at radius 1 is 1.33 bits per heavy atom. The molecule has 2 aromatic rings.